The molecule has 0 radical (unpaired) electrons. The summed E-state index contributed by atoms with van der Waals surface area (Å²) in [4.78, 5) is 14.9. The van der Waals surface area contributed by atoms with Gasteiger partial charge in [-0.15, -0.1) is 11.8 Å². The number of benzene rings is 1. The number of unbranched alkanes of at least 4 members (excludes halogenated alkanes) is 3. The first kappa shape index (κ1) is 15.2. The van der Waals surface area contributed by atoms with Crippen LogP contribution in [-0.4, -0.2) is 25.0 Å². The Bertz CT molecular complexity index is 433. The molecule has 1 atom stereocenters. The van der Waals surface area contributed by atoms with Crippen LogP contribution >= 0.6 is 11.8 Å². The summed E-state index contributed by atoms with van der Waals surface area (Å²) in [5.74, 6) is 0. The van der Waals surface area contributed by atoms with Gasteiger partial charge in [0.25, 0.3) is 0 Å². The van der Waals surface area contributed by atoms with Crippen molar-refractivity contribution in [2.75, 3.05) is 17.7 Å². The fourth-order valence-corrected chi connectivity index (χ4v) is 2.85. The third-order valence-corrected chi connectivity index (χ3v) is 4.38. The van der Waals surface area contributed by atoms with E-state index in [1.54, 1.807) is 16.7 Å². The molecule has 3 nitrogen and oxygen atoms in total. The largest absolute Gasteiger partial charge is 0.444 e. The molecule has 0 N–H and O–H groups in total. The highest BCUT2D eigenvalue weighted by atomic mass is 32.2. The van der Waals surface area contributed by atoms with E-state index in [-0.39, 0.29) is 12.2 Å². The Morgan fingerprint density at radius 3 is 2.65 bits per heavy atom. The lowest BCUT2D eigenvalue weighted by atomic mass is 10.1. The van der Waals surface area contributed by atoms with Crippen molar-refractivity contribution in [2.45, 2.75) is 50.0 Å². The standard InChI is InChI=1S/C16H23NO2S/c1-3-4-5-6-7-14-12-17(16(18)19-14)13-8-10-15(20-2)11-9-13/h8-11,14H,3-7,12H2,1-2H3. The normalized spacial score (nSPS) is 18.4. The van der Waals surface area contributed by atoms with Gasteiger partial charge >= 0.3 is 6.09 Å². The van der Waals surface area contributed by atoms with E-state index in [0.29, 0.717) is 6.54 Å². The average Bonchev–Trinajstić information content (AvgIpc) is 2.85. The summed E-state index contributed by atoms with van der Waals surface area (Å²) in [6.07, 6.45) is 7.75. The first-order chi connectivity index (χ1) is 9.74. The zero-order chi connectivity index (χ0) is 14.4. The molecule has 1 fully saturated rings. The number of thioether (sulfide) groups is 1. The van der Waals surface area contributed by atoms with Gasteiger partial charge < -0.3 is 4.74 Å². The zero-order valence-corrected chi connectivity index (χ0v) is 13.1. The number of cyclic esters (lactones) is 1. The molecule has 0 bridgehead atoms. The smallest absolute Gasteiger partial charge is 0.414 e. The lowest BCUT2D eigenvalue weighted by Crippen LogP contribution is -2.24. The summed E-state index contributed by atoms with van der Waals surface area (Å²) in [6, 6.07) is 8.07. The van der Waals surface area contributed by atoms with E-state index in [0.717, 1.165) is 18.5 Å². The van der Waals surface area contributed by atoms with Crippen molar-refractivity contribution in [1.82, 2.24) is 0 Å². The summed E-state index contributed by atoms with van der Waals surface area (Å²) in [5.41, 5.74) is 0.934. The zero-order valence-electron chi connectivity index (χ0n) is 12.3. The SMILES string of the molecule is CCCCCCC1CN(c2ccc(SC)cc2)C(=O)O1. The second-order valence-corrected chi connectivity index (χ2v) is 6.04. The van der Waals surface area contributed by atoms with Gasteiger partial charge in [0.1, 0.15) is 6.10 Å². The van der Waals surface area contributed by atoms with Crippen LogP contribution < -0.4 is 4.90 Å². The molecule has 0 aromatic heterocycles. The number of hydrogen-bond acceptors (Lipinski definition) is 3. The van der Waals surface area contributed by atoms with Crippen LogP contribution in [0.3, 0.4) is 0 Å². The fraction of sp³-hybridized carbons (Fsp3) is 0.562. The van der Waals surface area contributed by atoms with Crippen LogP contribution in [0.5, 0.6) is 0 Å². The van der Waals surface area contributed by atoms with Crippen molar-refractivity contribution in [1.29, 1.82) is 0 Å². The van der Waals surface area contributed by atoms with Gasteiger partial charge in [-0.3, -0.25) is 4.90 Å². The number of ether oxygens (including phenoxy) is 1. The van der Waals surface area contributed by atoms with Crippen LogP contribution in [0, 0.1) is 0 Å². The third kappa shape index (κ3) is 3.92. The van der Waals surface area contributed by atoms with Crippen molar-refractivity contribution in [2.24, 2.45) is 0 Å². The van der Waals surface area contributed by atoms with Crippen molar-refractivity contribution in [3.8, 4) is 0 Å². The molecule has 1 heterocycles. The van der Waals surface area contributed by atoms with Gasteiger partial charge in [-0.2, -0.15) is 0 Å². The van der Waals surface area contributed by atoms with Crippen LogP contribution in [-0.2, 0) is 4.74 Å². The van der Waals surface area contributed by atoms with E-state index >= 15 is 0 Å². The summed E-state index contributed by atoms with van der Waals surface area (Å²) in [7, 11) is 0. The van der Waals surface area contributed by atoms with Crippen molar-refractivity contribution >= 4 is 23.5 Å². The predicted molar refractivity (Wildman–Crippen MR) is 84.6 cm³/mol. The highest BCUT2D eigenvalue weighted by Crippen LogP contribution is 2.26. The lowest BCUT2D eigenvalue weighted by Gasteiger charge is -2.13. The first-order valence-corrected chi connectivity index (χ1v) is 8.59. The van der Waals surface area contributed by atoms with Crippen LogP contribution in [0.4, 0.5) is 10.5 Å². The molecule has 2 rings (SSSR count). The molecular weight excluding hydrogens is 270 g/mol. The quantitative estimate of drug-likeness (QED) is 0.539. The summed E-state index contributed by atoms with van der Waals surface area (Å²) < 4.78 is 5.45. The molecule has 1 aromatic rings. The maximum atomic E-state index is 11.9. The number of amides is 1. The highest BCUT2D eigenvalue weighted by molar-refractivity contribution is 7.98. The van der Waals surface area contributed by atoms with E-state index in [9.17, 15) is 4.79 Å². The van der Waals surface area contributed by atoms with Crippen LogP contribution in [0.15, 0.2) is 29.2 Å². The number of carbonyl (C=O) groups excluding carboxylic acids is 1. The fourth-order valence-electron chi connectivity index (χ4n) is 2.44. The Kier molecular flexibility index (Phi) is 5.77. The molecule has 1 unspecified atom stereocenters. The summed E-state index contributed by atoms with van der Waals surface area (Å²) in [5, 5.41) is 0. The Balaban J connectivity index is 1.88. The highest BCUT2D eigenvalue weighted by Gasteiger charge is 2.31. The molecule has 0 saturated carbocycles. The second kappa shape index (κ2) is 7.58. The van der Waals surface area contributed by atoms with Gasteiger partial charge in [0.05, 0.1) is 6.54 Å². The molecule has 4 heteroatoms. The van der Waals surface area contributed by atoms with Crippen LogP contribution in [0.2, 0.25) is 0 Å². The molecular formula is C16H23NO2S. The molecule has 1 saturated heterocycles. The van der Waals surface area contributed by atoms with Gasteiger partial charge in [0.2, 0.25) is 0 Å². The van der Waals surface area contributed by atoms with Crippen molar-refractivity contribution in [3.05, 3.63) is 24.3 Å². The maximum Gasteiger partial charge on any atom is 0.414 e. The average molecular weight is 293 g/mol. The van der Waals surface area contributed by atoms with E-state index < -0.39 is 0 Å². The molecule has 0 spiro atoms. The van der Waals surface area contributed by atoms with Gasteiger partial charge in [-0.1, -0.05) is 26.2 Å². The van der Waals surface area contributed by atoms with Crippen LogP contribution in [0.1, 0.15) is 39.0 Å². The minimum absolute atomic E-state index is 0.0552. The lowest BCUT2D eigenvalue weighted by molar-refractivity contribution is 0.135. The topological polar surface area (TPSA) is 29.5 Å². The van der Waals surface area contributed by atoms with Gasteiger partial charge in [-0.25, -0.2) is 4.79 Å². The van der Waals surface area contributed by atoms with Crippen molar-refractivity contribution in [3.63, 3.8) is 0 Å². The minimum atomic E-state index is -0.206. The van der Waals surface area contributed by atoms with E-state index in [1.165, 1.54) is 24.2 Å². The third-order valence-electron chi connectivity index (χ3n) is 3.64. The number of hydrogen-bond donors (Lipinski definition) is 0. The van der Waals surface area contributed by atoms with E-state index in [1.807, 2.05) is 30.5 Å². The molecule has 1 aromatic carbocycles. The van der Waals surface area contributed by atoms with Crippen molar-refractivity contribution < 1.29 is 9.53 Å². The van der Waals surface area contributed by atoms with Gasteiger partial charge in [-0.05, 0) is 43.4 Å². The molecule has 1 aliphatic heterocycles. The minimum Gasteiger partial charge on any atom is -0.444 e. The Morgan fingerprint density at radius 1 is 1.25 bits per heavy atom. The molecule has 0 aliphatic carbocycles. The first-order valence-electron chi connectivity index (χ1n) is 7.36. The van der Waals surface area contributed by atoms with E-state index in [4.69, 9.17) is 4.74 Å². The number of nitrogens with zero attached hydrogens (tertiary/aromatic N) is 1. The number of anilines is 1. The Labute approximate surface area is 125 Å². The predicted octanol–water partition coefficient (Wildman–Crippen LogP) is 4.70. The Morgan fingerprint density at radius 2 is 2.00 bits per heavy atom. The monoisotopic (exact) mass is 293 g/mol. The van der Waals surface area contributed by atoms with Gasteiger partial charge in [0.15, 0.2) is 0 Å². The molecule has 1 aliphatic rings. The number of rotatable bonds is 7. The molecule has 110 valence electrons. The number of carbonyl (C=O) groups is 1. The van der Waals surface area contributed by atoms with E-state index in [2.05, 4.69) is 6.92 Å². The summed E-state index contributed by atoms with van der Waals surface area (Å²) >= 11 is 1.70. The molecule has 20 heavy (non-hydrogen) atoms. The van der Waals surface area contributed by atoms with Gasteiger partial charge in [0, 0.05) is 10.6 Å². The summed E-state index contributed by atoms with van der Waals surface area (Å²) in [6.45, 7) is 2.89. The maximum absolute atomic E-state index is 11.9. The second-order valence-electron chi connectivity index (χ2n) is 5.16. The van der Waals surface area contributed by atoms with Crippen LogP contribution in [0.25, 0.3) is 0 Å². The Hall–Kier alpha value is -1.16. The molecule has 1 amide bonds.